The van der Waals surface area contributed by atoms with Gasteiger partial charge in [0.2, 0.25) is 0 Å². The molecule has 0 saturated carbocycles. The van der Waals surface area contributed by atoms with Gasteiger partial charge in [0.25, 0.3) is 0 Å². The zero-order valence-corrected chi connectivity index (χ0v) is 9.38. The van der Waals surface area contributed by atoms with Gasteiger partial charge in [-0.2, -0.15) is 0 Å². The van der Waals surface area contributed by atoms with Gasteiger partial charge in [0, 0.05) is 18.9 Å². The number of aliphatic hydroxyl groups excluding tert-OH is 1. The van der Waals surface area contributed by atoms with E-state index >= 15 is 0 Å². The normalized spacial score (nSPS) is 9.59. The highest BCUT2D eigenvalue weighted by atomic mass is 19.1. The molecule has 1 rings (SSSR count). The Labute approximate surface area is 99.2 Å². The summed E-state index contributed by atoms with van der Waals surface area (Å²) < 4.78 is 30.4. The molecule has 0 amide bonds. The van der Waals surface area contributed by atoms with E-state index in [0.717, 1.165) is 0 Å². The fraction of sp³-hybridized carbons (Fsp3) is 0.385. The van der Waals surface area contributed by atoms with E-state index in [1.807, 2.05) is 0 Å². The minimum absolute atomic E-state index is 0.0426. The predicted molar refractivity (Wildman–Crippen MR) is 61.1 cm³/mol. The number of aliphatic hydroxyl groups is 1. The average molecular weight is 240 g/mol. The van der Waals surface area contributed by atoms with E-state index in [1.54, 1.807) is 6.07 Å². The fourth-order valence-corrected chi connectivity index (χ4v) is 1.15. The quantitative estimate of drug-likeness (QED) is 0.632. The molecule has 92 valence electrons. The van der Waals surface area contributed by atoms with Crippen molar-refractivity contribution in [1.82, 2.24) is 0 Å². The van der Waals surface area contributed by atoms with Gasteiger partial charge in [-0.1, -0.05) is 11.8 Å². The average Bonchev–Trinajstić information content (AvgIpc) is 2.32. The predicted octanol–water partition coefficient (Wildman–Crippen LogP) is 2.30. The molecule has 0 aromatic heterocycles. The Hall–Kier alpha value is -1.60. The van der Waals surface area contributed by atoms with Gasteiger partial charge in [-0.05, 0) is 12.1 Å². The summed E-state index contributed by atoms with van der Waals surface area (Å²) in [5.41, 5.74) is 0.260. The topological polar surface area (TPSA) is 29.5 Å². The molecule has 0 fully saturated rings. The summed E-state index contributed by atoms with van der Waals surface area (Å²) in [5.74, 6) is 5.13. The largest absolute Gasteiger partial charge is 0.493 e. The molecule has 1 N–H and O–H groups in total. The van der Waals surface area contributed by atoms with E-state index < -0.39 is 12.5 Å². The second-order valence-corrected chi connectivity index (χ2v) is 3.31. The molecule has 4 heteroatoms. The third-order valence-electron chi connectivity index (χ3n) is 1.95. The maximum atomic E-state index is 13.5. The molecule has 0 aliphatic carbocycles. The van der Waals surface area contributed by atoms with Crippen LogP contribution in [0.4, 0.5) is 8.78 Å². The Morgan fingerprint density at radius 3 is 2.82 bits per heavy atom. The van der Waals surface area contributed by atoms with Crippen molar-refractivity contribution >= 4 is 0 Å². The van der Waals surface area contributed by atoms with Crippen LogP contribution in [0.5, 0.6) is 5.75 Å². The number of rotatable bonds is 5. The van der Waals surface area contributed by atoms with E-state index in [0.29, 0.717) is 18.6 Å². The molecule has 17 heavy (non-hydrogen) atoms. The maximum Gasteiger partial charge on any atom is 0.142 e. The van der Waals surface area contributed by atoms with Crippen LogP contribution in [-0.4, -0.2) is 25.0 Å². The van der Waals surface area contributed by atoms with Crippen LogP contribution < -0.4 is 4.74 Å². The van der Waals surface area contributed by atoms with Crippen LogP contribution in [0.2, 0.25) is 0 Å². The molecule has 2 nitrogen and oxygen atoms in total. The summed E-state index contributed by atoms with van der Waals surface area (Å²) in [6.07, 6.45) is 0.605. The Morgan fingerprint density at radius 2 is 2.18 bits per heavy atom. The Morgan fingerprint density at radius 1 is 1.35 bits per heavy atom. The van der Waals surface area contributed by atoms with E-state index in [-0.39, 0.29) is 18.8 Å². The van der Waals surface area contributed by atoms with Crippen LogP contribution in [0.1, 0.15) is 18.4 Å². The van der Waals surface area contributed by atoms with Crippen molar-refractivity contribution in [3.8, 4) is 17.6 Å². The molecular formula is C13H14F2O2. The SMILES string of the molecule is OCCC#Cc1ccc(OCCCF)cc1F. The summed E-state index contributed by atoms with van der Waals surface area (Å²) >= 11 is 0. The van der Waals surface area contributed by atoms with E-state index in [1.165, 1.54) is 12.1 Å². The number of ether oxygens (including phenoxy) is 1. The number of hydrogen-bond acceptors (Lipinski definition) is 2. The lowest BCUT2D eigenvalue weighted by Gasteiger charge is -2.05. The molecule has 0 bridgehead atoms. The maximum absolute atomic E-state index is 13.5. The zero-order chi connectivity index (χ0) is 12.5. The number of halogens is 2. The van der Waals surface area contributed by atoms with Crippen LogP contribution in [-0.2, 0) is 0 Å². The molecule has 0 aliphatic rings. The summed E-state index contributed by atoms with van der Waals surface area (Å²) in [5, 5.41) is 8.53. The lowest BCUT2D eigenvalue weighted by Crippen LogP contribution is -1.98. The summed E-state index contributed by atoms with van der Waals surface area (Å²) in [6, 6.07) is 4.32. The standard InChI is InChI=1S/C13H14F2O2/c14-7-3-9-17-12-6-5-11(13(15)10-12)4-1-2-8-16/h5-6,10,16H,2-3,7-9H2. The molecule has 1 aromatic carbocycles. The molecule has 0 atom stereocenters. The third-order valence-corrected chi connectivity index (χ3v) is 1.95. The van der Waals surface area contributed by atoms with Gasteiger partial charge in [-0.15, -0.1) is 0 Å². The first-order valence-corrected chi connectivity index (χ1v) is 5.36. The highest BCUT2D eigenvalue weighted by Crippen LogP contribution is 2.16. The van der Waals surface area contributed by atoms with Gasteiger partial charge in [0.05, 0.1) is 25.5 Å². The van der Waals surface area contributed by atoms with Gasteiger partial charge in [0.1, 0.15) is 11.6 Å². The highest BCUT2D eigenvalue weighted by Gasteiger charge is 2.01. The van der Waals surface area contributed by atoms with Crippen molar-refractivity contribution < 1.29 is 18.6 Å². The molecule has 0 aliphatic heterocycles. The minimum atomic E-state index is -0.479. The molecule has 1 aromatic rings. The molecule has 0 saturated heterocycles. The van der Waals surface area contributed by atoms with E-state index in [2.05, 4.69) is 11.8 Å². The first kappa shape index (κ1) is 13.5. The highest BCUT2D eigenvalue weighted by molar-refractivity contribution is 5.39. The summed E-state index contributed by atoms with van der Waals surface area (Å²) in [7, 11) is 0. The Bertz CT molecular complexity index is 408. The number of alkyl halides is 1. The van der Waals surface area contributed by atoms with Gasteiger partial charge < -0.3 is 9.84 Å². The first-order chi connectivity index (χ1) is 8.27. The monoisotopic (exact) mass is 240 g/mol. The molecule has 0 radical (unpaired) electrons. The van der Waals surface area contributed by atoms with Crippen LogP contribution in [0.25, 0.3) is 0 Å². The third kappa shape index (κ3) is 4.83. The van der Waals surface area contributed by atoms with Gasteiger partial charge in [-0.3, -0.25) is 4.39 Å². The smallest absolute Gasteiger partial charge is 0.142 e. The Kier molecular flexibility index (Phi) is 6.05. The lowest BCUT2D eigenvalue weighted by atomic mass is 10.2. The summed E-state index contributed by atoms with van der Waals surface area (Å²) in [6.45, 7) is -0.266. The van der Waals surface area contributed by atoms with Crippen LogP contribution >= 0.6 is 0 Å². The van der Waals surface area contributed by atoms with E-state index in [4.69, 9.17) is 9.84 Å². The molecular weight excluding hydrogens is 226 g/mol. The van der Waals surface area contributed by atoms with Crippen molar-refractivity contribution in [3.63, 3.8) is 0 Å². The van der Waals surface area contributed by atoms with E-state index in [9.17, 15) is 8.78 Å². The lowest BCUT2D eigenvalue weighted by molar-refractivity contribution is 0.288. The van der Waals surface area contributed by atoms with Crippen molar-refractivity contribution in [3.05, 3.63) is 29.6 Å². The second-order valence-electron chi connectivity index (χ2n) is 3.31. The Balaban J connectivity index is 2.63. The molecule has 0 heterocycles. The van der Waals surface area contributed by atoms with Crippen molar-refractivity contribution in [2.24, 2.45) is 0 Å². The van der Waals surface area contributed by atoms with Crippen LogP contribution in [0, 0.1) is 17.7 Å². The van der Waals surface area contributed by atoms with Gasteiger partial charge in [0.15, 0.2) is 0 Å². The number of hydrogen-bond donors (Lipinski definition) is 1. The first-order valence-electron chi connectivity index (χ1n) is 5.36. The van der Waals surface area contributed by atoms with Gasteiger partial charge in [-0.25, -0.2) is 4.39 Å². The molecule has 0 spiro atoms. The fourth-order valence-electron chi connectivity index (χ4n) is 1.15. The van der Waals surface area contributed by atoms with Crippen molar-refractivity contribution in [2.45, 2.75) is 12.8 Å². The minimum Gasteiger partial charge on any atom is -0.493 e. The summed E-state index contributed by atoms with van der Waals surface area (Å²) in [4.78, 5) is 0. The molecule has 0 unspecified atom stereocenters. The van der Waals surface area contributed by atoms with Crippen LogP contribution in [0.15, 0.2) is 18.2 Å². The zero-order valence-electron chi connectivity index (χ0n) is 9.38. The van der Waals surface area contributed by atoms with Crippen LogP contribution in [0.3, 0.4) is 0 Å². The second kappa shape index (κ2) is 7.64. The van der Waals surface area contributed by atoms with Crippen molar-refractivity contribution in [1.29, 1.82) is 0 Å². The van der Waals surface area contributed by atoms with Gasteiger partial charge >= 0.3 is 0 Å². The van der Waals surface area contributed by atoms with Crippen molar-refractivity contribution in [2.75, 3.05) is 19.9 Å². The number of benzene rings is 1.